The molecule has 0 spiro atoms. The van der Waals surface area contributed by atoms with E-state index in [9.17, 15) is 14.7 Å². The Balaban J connectivity index is 1.76. The van der Waals surface area contributed by atoms with Crippen LogP contribution in [-0.4, -0.2) is 73.1 Å². The zero-order chi connectivity index (χ0) is 23.5. The van der Waals surface area contributed by atoms with Gasteiger partial charge in [0.05, 0.1) is 31.9 Å². The topological polar surface area (TPSA) is 79.3 Å². The van der Waals surface area contributed by atoms with E-state index in [2.05, 4.69) is 4.90 Å². The van der Waals surface area contributed by atoms with Gasteiger partial charge in [-0.05, 0) is 43.2 Å². The van der Waals surface area contributed by atoms with Crippen LogP contribution >= 0.6 is 0 Å². The number of likely N-dealkylation sites (tertiary alicyclic amines) is 1. The van der Waals surface area contributed by atoms with E-state index in [0.29, 0.717) is 37.6 Å². The number of methoxy groups -OCH3 is 1. The molecule has 0 saturated carbocycles. The molecule has 4 rings (SSSR count). The van der Waals surface area contributed by atoms with Gasteiger partial charge in [0.15, 0.2) is 0 Å². The number of aliphatic hydroxyl groups excluding tert-OH is 1. The van der Waals surface area contributed by atoms with Gasteiger partial charge in [-0.1, -0.05) is 29.8 Å². The van der Waals surface area contributed by atoms with Crippen LogP contribution in [0.15, 0.2) is 48.0 Å². The molecule has 2 aromatic carbocycles. The van der Waals surface area contributed by atoms with Crippen molar-refractivity contribution >= 4 is 17.4 Å². The lowest BCUT2D eigenvalue weighted by atomic mass is 9.93. The maximum atomic E-state index is 13.2. The van der Waals surface area contributed by atoms with Crippen molar-refractivity contribution in [2.24, 2.45) is 0 Å². The number of ether oxygens (including phenoxy) is 2. The van der Waals surface area contributed by atoms with E-state index in [0.717, 1.165) is 29.8 Å². The van der Waals surface area contributed by atoms with Crippen molar-refractivity contribution in [2.45, 2.75) is 19.9 Å². The highest BCUT2D eigenvalue weighted by molar-refractivity contribution is 6.46. The molecule has 174 valence electrons. The summed E-state index contributed by atoms with van der Waals surface area (Å²) in [6, 6.07) is 12.3. The molecule has 2 aliphatic heterocycles. The largest absolute Gasteiger partial charge is 0.507 e. The minimum atomic E-state index is -0.670. The highest BCUT2D eigenvalue weighted by atomic mass is 16.5. The third kappa shape index (κ3) is 4.65. The van der Waals surface area contributed by atoms with Crippen molar-refractivity contribution in [3.8, 4) is 5.75 Å². The van der Waals surface area contributed by atoms with Crippen molar-refractivity contribution in [3.63, 3.8) is 0 Å². The van der Waals surface area contributed by atoms with Crippen LogP contribution in [0.25, 0.3) is 5.76 Å². The predicted molar refractivity (Wildman–Crippen MR) is 125 cm³/mol. The number of rotatable bonds is 6. The van der Waals surface area contributed by atoms with Crippen LogP contribution in [0.1, 0.15) is 28.3 Å². The number of amides is 1. The fourth-order valence-corrected chi connectivity index (χ4v) is 4.45. The molecular formula is C26H30N2O5. The van der Waals surface area contributed by atoms with Gasteiger partial charge in [0.1, 0.15) is 11.5 Å². The molecule has 1 unspecified atom stereocenters. The van der Waals surface area contributed by atoms with Gasteiger partial charge in [-0.25, -0.2) is 0 Å². The monoisotopic (exact) mass is 450 g/mol. The van der Waals surface area contributed by atoms with Crippen LogP contribution < -0.4 is 4.74 Å². The maximum Gasteiger partial charge on any atom is 0.295 e. The Bertz CT molecular complexity index is 1070. The molecule has 0 radical (unpaired) electrons. The first-order valence-electron chi connectivity index (χ1n) is 11.2. The molecule has 2 aliphatic rings. The Morgan fingerprint density at radius 2 is 1.76 bits per heavy atom. The Morgan fingerprint density at radius 1 is 1.06 bits per heavy atom. The van der Waals surface area contributed by atoms with Gasteiger partial charge < -0.3 is 19.5 Å². The first-order chi connectivity index (χ1) is 15.9. The molecule has 2 aromatic rings. The van der Waals surface area contributed by atoms with E-state index in [4.69, 9.17) is 9.47 Å². The third-order valence-electron chi connectivity index (χ3n) is 6.38. The molecule has 1 atom stereocenters. The fraction of sp³-hybridized carbons (Fsp3) is 0.385. The summed E-state index contributed by atoms with van der Waals surface area (Å²) in [6.45, 7) is 7.72. The summed E-state index contributed by atoms with van der Waals surface area (Å²) < 4.78 is 10.7. The zero-order valence-electron chi connectivity index (χ0n) is 19.3. The van der Waals surface area contributed by atoms with Crippen LogP contribution in [0.5, 0.6) is 5.75 Å². The number of morpholine rings is 1. The molecule has 2 saturated heterocycles. The lowest BCUT2D eigenvalue weighted by molar-refractivity contribution is -0.140. The number of Topliss-reactive ketones (excluding diaryl/α,β-unsaturated/α-hetero) is 1. The minimum absolute atomic E-state index is 0.126. The summed E-state index contributed by atoms with van der Waals surface area (Å²) >= 11 is 0. The molecule has 7 heteroatoms. The van der Waals surface area contributed by atoms with Crippen LogP contribution in [-0.2, 0) is 14.3 Å². The molecular weight excluding hydrogens is 420 g/mol. The number of nitrogens with zero attached hydrogens (tertiary/aromatic N) is 2. The standard InChI is InChI=1S/C26H30N2O5/c1-17-4-5-18(2)21(16-17)24(29)22-23(19-6-8-20(32-3)9-7-19)28(26(31)25(22)30)11-10-27-12-14-33-15-13-27/h4-9,16,23,29H,10-15H2,1-3H3. The summed E-state index contributed by atoms with van der Waals surface area (Å²) in [6.07, 6.45) is 0. The van der Waals surface area contributed by atoms with Crippen molar-refractivity contribution in [2.75, 3.05) is 46.5 Å². The minimum Gasteiger partial charge on any atom is -0.507 e. The van der Waals surface area contributed by atoms with E-state index < -0.39 is 17.7 Å². The third-order valence-corrected chi connectivity index (χ3v) is 6.38. The van der Waals surface area contributed by atoms with E-state index >= 15 is 0 Å². The Morgan fingerprint density at radius 3 is 2.42 bits per heavy atom. The summed E-state index contributed by atoms with van der Waals surface area (Å²) in [5.74, 6) is -0.699. The van der Waals surface area contributed by atoms with Crippen LogP contribution in [0, 0.1) is 13.8 Å². The summed E-state index contributed by atoms with van der Waals surface area (Å²) in [4.78, 5) is 30.2. The second kappa shape index (κ2) is 9.77. The maximum absolute atomic E-state index is 13.2. The fourth-order valence-electron chi connectivity index (χ4n) is 4.45. The van der Waals surface area contributed by atoms with E-state index in [1.54, 1.807) is 24.1 Å². The van der Waals surface area contributed by atoms with Crippen molar-refractivity contribution in [1.29, 1.82) is 0 Å². The SMILES string of the molecule is COc1ccc(C2C(=C(O)c3cc(C)ccc3C)C(=O)C(=O)N2CCN2CCOCC2)cc1. The van der Waals surface area contributed by atoms with Gasteiger partial charge in [0.25, 0.3) is 11.7 Å². The van der Waals surface area contributed by atoms with Gasteiger partial charge in [-0.3, -0.25) is 14.5 Å². The smallest absolute Gasteiger partial charge is 0.295 e. The number of carbonyl (C=O) groups excluding carboxylic acids is 2. The van der Waals surface area contributed by atoms with Crippen LogP contribution in [0.2, 0.25) is 0 Å². The molecule has 7 nitrogen and oxygen atoms in total. The first-order valence-corrected chi connectivity index (χ1v) is 11.2. The second-order valence-corrected chi connectivity index (χ2v) is 8.54. The summed E-state index contributed by atoms with van der Waals surface area (Å²) in [5, 5.41) is 11.3. The molecule has 1 amide bonds. The number of aryl methyl sites for hydroxylation is 2. The lowest BCUT2D eigenvalue weighted by Gasteiger charge is -2.31. The average molecular weight is 451 g/mol. The van der Waals surface area contributed by atoms with Crippen LogP contribution in [0.4, 0.5) is 0 Å². The molecule has 2 fully saturated rings. The van der Waals surface area contributed by atoms with E-state index in [1.165, 1.54) is 0 Å². The second-order valence-electron chi connectivity index (χ2n) is 8.54. The Kier molecular flexibility index (Phi) is 6.81. The number of ketones is 1. The Hall–Kier alpha value is -3.16. The molecule has 2 heterocycles. The molecule has 33 heavy (non-hydrogen) atoms. The Labute approximate surface area is 194 Å². The van der Waals surface area contributed by atoms with Gasteiger partial charge in [-0.15, -0.1) is 0 Å². The van der Waals surface area contributed by atoms with E-state index in [-0.39, 0.29) is 11.3 Å². The van der Waals surface area contributed by atoms with Gasteiger partial charge in [0.2, 0.25) is 0 Å². The number of carbonyl (C=O) groups is 2. The van der Waals surface area contributed by atoms with Crippen molar-refractivity contribution in [3.05, 3.63) is 70.3 Å². The molecule has 0 aromatic heterocycles. The van der Waals surface area contributed by atoms with Gasteiger partial charge in [0, 0.05) is 31.7 Å². The van der Waals surface area contributed by atoms with E-state index in [1.807, 2.05) is 44.2 Å². The zero-order valence-corrected chi connectivity index (χ0v) is 19.3. The van der Waals surface area contributed by atoms with Gasteiger partial charge in [-0.2, -0.15) is 0 Å². The summed E-state index contributed by atoms with van der Waals surface area (Å²) in [7, 11) is 1.59. The quantitative estimate of drug-likeness (QED) is 0.414. The number of hydrogen-bond donors (Lipinski definition) is 1. The molecule has 1 N–H and O–H groups in total. The molecule has 0 bridgehead atoms. The van der Waals surface area contributed by atoms with Crippen LogP contribution in [0.3, 0.4) is 0 Å². The highest BCUT2D eigenvalue weighted by Crippen LogP contribution is 2.40. The normalized spacial score (nSPS) is 20.9. The van der Waals surface area contributed by atoms with Crippen molar-refractivity contribution < 1.29 is 24.2 Å². The predicted octanol–water partition coefficient (Wildman–Crippen LogP) is 3.07. The average Bonchev–Trinajstić information content (AvgIpc) is 3.09. The lowest BCUT2D eigenvalue weighted by Crippen LogP contribution is -2.42. The molecule has 0 aliphatic carbocycles. The number of hydrogen-bond acceptors (Lipinski definition) is 6. The number of benzene rings is 2. The first kappa shape index (κ1) is 23.0. The summed E-state index contributed by atoms with van der Waals surface area (Å²) in [5.41, 5.74) is 3.25. The van der Waals surface area contributed by atoms with Crippen molar-refractivity contribution in [1.82, 2.24) is 9.80 Å². The highest BCUT2D eigenvalue weighted by Gasteiger charge is 2.46. The number of aliphatic hydroxyl groups is 1. The van der Waals surface area contributed by atoms with Gasteiger partial charge >= 0.3 is 0 Å².